The summed E-state index contributed by atoms with van der Waals surface area (Å²) in [4.78, 5) is 0. The van der Waals surface area contributed by atoms with Gasteiger partial charge < -0.3 is 29.4 Å². The normalized spacial score (nSPS) is 28.5. The molecular formula is C14H15BrClNO5. The molecule has 1 aromatic heterocycles. The van der Waals surface area contributed by atoms with E-state index in [0.29, 0.717) is 16.2 Å². The van der Waals surface area contributed by atoms with Gasteiger partial charge in [-0.2, -0.15) is 0 Å². The maximum absolute atomic E-state index is 9.96. The van der Waals surface area contributed by atoms with Gasteiger partial charge in [0.15, 0.2) is 0 Å². The highest BCUT2D eigenvalue weighted by Crippen LogP contribution is 2.39. The molecule has 0 aliphatic carbocycles. The average Bonchev–Trinajstić information content (AvgIpc) is 2.95. The van der Waals surface area contributed by atoms with Crippen molar-refractivity contribution in [1.82, 2.24) is 4.57 Å². The van der Waals surface area contributed by atoms with Crippen LogP contribution in [0.1, 0.15) is 0 Å². The van der Waals surface area contributed by atoms with Gasteiger partial charge in [0.2, 0.25) is 6.29 Å². The van der Waals surface area contributed by atoms with E-state index in [1.807, 2.05) is 23.7 Å². The summed E-state index contributed by atoms with van der Waals surface area (Å²) >= 11 is 9.68. The Balaban J connectivity index is 1.97. The number of fused-ring (bicyclic) bond motifs is 1. The fourth-order valence-corrected chi connectivity index (χ4v) is 3.14. The zero-order chi connectivity index (χ0) is 16.0. The van der Waals surface area contributed by atoms with E-state index in [4.69, 9.17) is 26.2 Å². The Hall–Kier alpha value is -0.830. The van der Waals surface area contributed by atoms with Crippen molar-refractivity contribution >= 4 is 38.4 Å². The topological polar surface area (TPSA) is 84.1 Å². The van der Waals surface area contributed by atoms with Crippen molar-refractivity contribution in [1.29, 1.82) is 0 Å². The SMILES string of the molecule is Cn1cc(O[C@@H]2O[C@H](CO)[C@@H](O)[C@H]2O)c2c(Cl)c(Br)ccc21. The van der Waals surface area contributed by atoms with E-state index >= 15 is 0 Å². The molecule has 1 aromatic carbocycles. The van der Waals surface area contributed by atoms with Crippen molar-refractivity contribution in [2.75, 3.05) is 6.61 Å². The van der Waals surface area contributed by atoms with Gasteiger partial charge in [-0.3, -0.25) is 0 Å². The maximum atomic E-state index is 9.96. The molecule has 120 valence electrons. The van der Waals surface area contributed by atoms with Crippen molar-refractivity contribution in [2.24, 2.45) is 7.05 Å². The van der Waals surface area contributed by atoms with E-state index in [2.05, 4.69) is 15.9 Å². The van der Waals surface area contributed by atoms with Crippen molar-refractivity contribution in [2.45, 2.75) is 24.6 Å². The molecule has 0 bridgehead atoms. The first-order valence-electron chi connectivity index (χ1n) is 6.66. The Morgan fingerprint density at radius 1 is 1.36 bits per heavy atom. The number of ether oxygens (including phenoxy) is 2. The highest BCUT2D eigenvalue weighted by Gasteiger charge is 2.44. The molecule has 1 fully saturated rings. The summed E-state index contributed by atoms with van der Waals surface area (Å²) in [5.74, 6) is 0.429. The van der Waals surface area contributed by atoms with Crippen LogP contribution in [0.25, 0.3) is 10.9 Å². The Kier molecular flexibility index (Phi) is 4.37. The minimum atomic E-state index is -1.25. The summed E-state index contributed by atoms with van der Waals surface area (Å²) in [5, 5.41) is 30.0. The average molecular weight is 393 g/mol. The van der Waals surface area contributed by atoms with Crippen LogP contribution in [0.2, 0.25) is 5.02 Å². The largest absolute Gasteiger partial charge is 0.460 e. The molecule has 0 radical (unpaired) electrons. The molecule has 2 aromatic rings. The highest BCUT2D eigenvalue weighted by molar-refractivity contribution is 9.10. The van der Waals surface area contributed by atoms with Crippen LogP contribution in [0.4, 0.5) is 0 Å². The van der Waals surface area contributed by atoms with Gasteiger partial charge in [-0.1, -0.05) is 11.6 Å². The summed E-state index contributed by atoms with van der Waals surface area (Å²) in [7, 11) is 1.84. The molecule has 4 atom stereocenters. The molecule has 0 spiro atoms. The Morgan fingerprint density at radius 3 is 2.73 bits per heavy atom. The van der Waals surface area contributed by atoms with Crippen LogP contribution < -0.4 is 4.74 Å². The molecule has 2 heterocycles. The lowest BCUT2D eigenvalue weighted by Gasteiger charge is -2.16. The third-order valence-electron chi connectivity index (χ3n) is 3.75. The zero-order valence-corrected chi connectivity index (χ0v) is 14.0. The zero-order valence-electron chi connectivity index (χ0n) is 11.6. The number of rotatable bonds is 3. The third-order valence-corrected chi connectivity index (χ3v) is 5.03. The number of benzene rings is 1. The second kappa shape index (κ2) is 5.99. The predicted octanol–water partition coefficient (Wildman–Crippen LogP) is 1.41. The first kappa shape index (κ1) is 16.0. The molecule has 0 unspecified atom stereocenters. The minimum absolute atomic E-state index is 0.403. The lowest BCUT2D eigenvalue weighted by Crippen LogP contribution is -2.35. The van der Waals surface area contributed by atoms with Crippen LogP contribution in [-0.4, -0.2) is 51.1 Å². The molecule has 1 aliphatic rings. The van der Waals surface area contributed by atoms with Crippen LogP contribution in [0, 0.1) is 0 Å². The van der Waals surface area contributed by atoms with Gasteiger partial charge in [0, 0.05) is 17.7 Å². The molecule has 22 heavy (non-hydrogen) atoms. The van der Waals surface area contributed by atoms with Gasteiger partial charge in [-0.15, -0.1) is 0 Å². The molecular weight excluding hydrogens is 378 g/mol. The summed E-state index contributed by atoms with van der Waals surface area (Å²) in [6.45, 7) is -0.403. The van der Waals surface area contributed by atoms with Crippen LogP contribution in [-0.2, 0) is 11.8 Å². The van der Waals surface area contributed by atoms with Gasteiger partial charge in [0.1, 0.15) is 24.1 Å². The first-order chi connectivity index (χ1) is 10.4. The van der Waals surface area contributed by atoms with Crippen LogP contribution in [0.5, 0.6) is 5.75 Å². The fraction of sp³-hybridized carbons (Fsp3) is 0.429. The van der Waals surface area contributed by atoms with E-state index < -0.39 is 31.2 Å². The molecule has 6 nitrogen and oxygen atoms in total. The lowest BCUT2D eigenvalue weighted by atomic mass is 10.1. The quantitative estimate of drug-likeness (QED) is 0.736. The molecule has 3 rings (SSSR count). The number of nitrogens with zero attached hydrogens (tertiary/aromatic N) is 1. The van der Waals surface area contributed by atoms with Crippen LogP contribution in [0.15, 0.2) is 22.8 Å². The number of aliphatic hydroxyl groups excluding tert-OH is 3. The molecule has 8 heteroatoms. The predicted molar refractivity (Wildman–Crippen MR) is 84.0 cm³/mol. The second-order valence-electron chi connectivity index (χ2n) is 5.18. The van der Waals surface area contributed by atoms with Gasteiger partial charge in [-0.25, -0.2) is 0 Å². The van der Waals surface area contributed by atoms with Gasteiger partial charge >= 0.3 is 0 Å². The lowest BCUT2D eigenvalue weighted by molar-refractivity contribution is -0.115. The van der Waals surface area contributed by atoms with Crippen molar-refractivity contribution < 1.29 is 24.8 Å². The Bertz CT molecular complexity index is 706. The molecule has 1 saturated heterocycles. The third kappa shape index (κ3) is 2.51. The van der Waals surface area contributed by atoms with Crippen molar-refractivity contribution in [3.8, 4) is 5.75 Å². The van der Waals surface area contributed by atoms with Gasteiger partial charge in [0.05, 0.1) is 22.5 Å². The molecule has 0 saturated carbocycles. The second-order valence-corrected chi connectivity index (χ2v) is 6.42. The number of halogens is 2. The van der Waals surface area contributed by atoms with Crippen molar-refractivity contribution in [3.63, 3.8) is 0 Å². The van der Waals surface area contributed by atoms with E-state index in [1.165, 1.54) is 0 Å². The Morgan fingerprint density at radius 2 is 2.09 bits per heavy atom. The van der Waals surface area contributed by atoms with E-state index in [9.17, 15) is 10.2 Å². The summed E-state index contributed by atoms with van der Waals surface area (Å²) < 4.78 is 13.6. The van der Waals surface area contributed by atoms with Crippen LogP contribution in [0.3, 0.4) is 0 Å². The van der Waals surface area contributed by atoms with E-state index in [1.54, 1.807) is 6.20 Å². The van der Waals surface area contributed by atoms with E-state index in [-0.39, 0.29) is 0 Å². The summed E-state index contributed by atoms with van der Waals surface area (Å²) in [6.07, 6.45) is -2.69. The van der Waals surface area contributed by atoms with Gasteiger partial charge in [-0.05, 0) is 28.1 Å². The maximum Gasteiger partial charge on any atom is 0.229 e. The molecule has 3 N–H and O–H groups in total. The number of aryl methyl sites for hydroxylation is 1. The van der Waals surface area contributed by atoms with Gasteiger partial charge in [0.25, 0.3) is 0 Å². The highest BCUT2D eigenvalue weighted by atomic mass is 79.9. The first-order valence-corrected chi connectivity index (χ1v) is 7.83. The number of hydrogen-bond donors (Lipinski definition) is 3. The monoisotopic (exact) mass is 391 g/mol. The number of aliphatic hydroxyl groups is 3. The standard InChI is InChI=1S/C14H15BrClNO5/c1-17-4-8(10-7(17)3-2-6(15)11(10)16)21-14-13(20)12(19)9(5-18)22-14/h2-4,9,12-14,18-20H,5H2,1H3/t9-,12-,13-,14-/m1/s1. The summed E-state index contributed by atoms with van der Waals surface area (Å²) in [6, 6.07) is 3.72. The summed E-state index contributed by atoms with van der Waals surface area (Å²) in [5.41, 5.74) is 0.856. The molecule has 1 aliphatic heterocycles. The molecule has 0 amide bonds. The van der Waals surface area contributed by atoms with Crippen LogP contribution >= 0.6 is 27.5 Å². The smallest absolute Gasteiger partial charge is 0.229 e. The number of hydrogen-bond acceptors (Lipinski definition) is 5. The minimum Gasteiger partial charge on any atom is -0.460 e. The van der Waals surface area contributed by atoms with Crippen molar-refractivity contribution in [3.05, 3.63) is 27.8 Å². The fourth-order valence-electron chi connectivity index (χ4n) is 2.56. The Labute approximate surface area is 139 Å². The van der Waals surface area contributed by atoms with E-state index in [0.717, 1.165) is 9.99 Å². The number of aromatic nitrogens is 1.